The van der Waals surface area contributed by atoms with Gasteiger partial charge in [-0.1, -0.05) is 6.92 Å². The monoisotopic (exact) mass is 232 g/mol. The van der Waals surface area contributed by atoms with E-state index in [1.54, 1.807) is 25.9 Å². The minimum atomic E-state index is -1.01. The third kappa shape index (κ3) is 2.84. The van der Waals surface area contributed by atoms with Gasteiger partial charge in [0.05, 0.1) is 6.10 Å². The van der Waals surface area contributed by atoms with E-state index >= 15 is 0 Å². The van der Waals surface area contributed by atoms with Gasteiger partial charge in [-0.3, -0.25) is 0 Å². The Kier molecular flexibility index (Phi) is 4.52. The van der Waals surface area contributed by atoms with Gasteiger partial charge in [0.1, 0.15) is 18.8 Å². The topological polar surface area (TPSA) is 85.5 Å². The third-order valence-electron chi connectivity index (χ3n) is 2.66. The Morgan fingerprint density at radius 2 is 2.12 bits per heavy atom. The second kappa shape index (κ2) is 5.47. The predicted octanol–water partition coefficient (Wildman–Crippen LogP) is -1.35. The van der Waals surface area contributed by atoms with E-state index in [0.717, 1.165) is 0 Å². The first-order chi connectivity index (χ1) is 7.47. The van der Waals surface area contributed by atoms with E-state index in [-0.39, 0.29) is 19.1 Å². The summed E-state index contributed by atoms with van der Waals surface area (Å²) in [5, 5.41) is 28.5. The standard InChI is InChI=1S/C10H20N2O4/c1-6(4-13)8(14)9(15)7-5-16-10(11-7)12(2)3/h6-9,13-15H,4-5H2,1-3H3/t6-,7?,8?,9-/m1/s1. The van der Waals surface area contributed by atoms with Crippen LogP contribution in [0.2, 0.25) is 0 Å². The fourth-order valence-electron chi connectivity index (χ4n) is 1.47. The van der Waals surface area contributed by atoms with Crippen LogP contribution in [0.5, 0.6) is 0 Å². The van der Waals surface area contributed by atoms with E-state index in [1.165, 1.54) is 0 Å². The molecule has 0 fully saturated rings. The maximum atomic E-state index is 9.85. The number of amidine groups is 1. The van der Waals surface area contributed by atoms with Gasteiger partial charge in [-0.2, -0.15) is 0 Å². The smallest absolute Gasteiger partial charge is 0.287 e. The van der Waals surface area contributed by atoms with Crippen LogP contribution in [0.4, 0.5) is 0 Å². The molecule has 1 rings (SSSR count). The Balaban J connectivity index is 2.59. The van der Waals surface area contributed by atoms with Crippen molar-refractivity contribution >= 4 is 6.02 Å². The van der Waals surface area contributed by atoms with Crippen molar-refractivity contribution in [2.75, 3.05) is 27.3 Å². The number of rotatable bonds is 4. The molecule has 16 heavy (non-hydrogen) atoms. The molecule has 0 radical (unpaired) electrons. The largest absolute Gasteiger partial charge is 0.463 e. The second-order valence-corrected chi connectivity index (χ2v) is 4.33. The van der Waals surface area contributed by atoms with Gasteiger partial charge in [0.25, 0.3) is 6.02 Å². The molecule has 0 bridgehead atoms. The van der Waals surface area contributed by atoms with E-state index in [4.69, 9.17) is 9.84 Å². The Morgan fingerprint density at radius 1 is 1.50 bits per heavy atom. The van der Waals surface area contributed by atoms with Crippen LogP contribution >= 0.6 is 0 Å². The SMILES string of the molecule is C[C@H](CO)C(O)[C@H](O)C1COC(N(C)C)=N1. The first-order valence-electron chi connectivity index (χ1n) is 5.32. The minimum absolute atomic E-state index is 0.171. The molecule has 94 valence electrons. The van der Waals surface area contributed by atoms with Gasteiger partial charge in [0, 0.05) is 26.6 Å². The van der Waals surface area contributed by atoms with E-state index in [2.05, 4.69) is 4.99 Å². The highest BCUT2D eigenvalue weighted by molar-refractivity contribution is 5.74. The lowest BCUT2D eigenvalue weighted by atomic mass is 9.96. The fourth-order valence-corrected chi connectivity index (χ4v) is 1.47. The minimum Gasteiger partial charge on any atom is -0.463 e. The van der Waals surface area contributed by atoms with E-state index in [0.29, 0.717) is 6.02 Å². The molecule has 0 aliphatic carbocycles. The van der Waals surface area contributed by atoms with Crippen LogP contribution in [0.25, 0.3) is 0 Å². The van der Waals surface area contributed by atoms with Crippen molar-refractivity contribution in [3.8, 4) is 0 Å². The van der Waals surface area contributed by atoms with E-state index < -0.39 is 18.2 Å². The molecule has 3 N–H and O–H groups in total. The number of nitrogens with zero attached hydrogens (tertiary/aromatic N) is 2. The summed E-state index contributed by atoms with van der Waals surface area (Å²) in [7, 11) is 3.58. The van der Waals surface area contributed by atoms with Gasteiger partial charge in [-0.05, 0) is 0 Å². The zero-order valence-electron chi connectivity index (χ0n) is 9.87. The molecular formula is C10H20N2O4. The summed E-state index contributed by atoms with van der Waals surface area (Å²) in [6, 6.07) is -0.0192. The van der Waals surface area contributed by atoms with Crippen LogP contribution in [0, 0.1) is 5.92 Å². The highest BCUT2D eigenvalue weighted by atomic mass is 16.5. The van der Waals surface area contributed by atoms with Crippen LogP contribution in [-0.2, 0) is 4.74 Å². The molecule has 6 heteroatoms. The number of hydrogen-bond donors (Lipinski definition) is 3. The summed E-state index contributed by atoms with van der Waals surface area (Å²) < 4.78 is 5.25. The number of aliphatic imine (C=N–C) groups is 1. The van der Waals surface area contributed by atoms with Crippen molar-refractivity contribution in [2.45, 2.75) is 25.2 Å². The number of aliphatic hydroxyl groups excluding tert-OH is 3. The molecule has 0 saturated heterocycles. The summed E-state index contributed by atoms with van der Waals surface area (Å²) >= 11 is 0. The predicted molar refractivity (Wildman–Crippen MR) is 59.1 cm³/mol. The molecule has 0 spiro atoms. The summed E-state index contributed by atoms with van der Waals surface area (Å²) in [6.45, 7) is 1.75. The van der Waals surface area contributed by atoms with Gasteiger partial charge >= 0.3 is 0 Å². The summed E-state index contributed by atoms with van der Waals surface area (Å²) in [5.74, 6) is -0.381. The molecule has 1 aliphatic heterocycles. The van der Waals surface area contributed by atoms with E-state index in [1.807, 2.05) is 0 Å². The molecule has 6 nitrogen and oxygen atoms in total. The molecule has 2 unspecified atom stereocenters. The summed E-state index contributed by atoms with van der Waals surface area (Å²) in [4.78, 5) is 5.86. The average molecular weight is 232 g/mol. The molecule has 1 aliphatic rings. The Labute approximate surface area is 95.2 Å². The average Bonchev–Trinajstić information content (AvgIpc) is 2.75. The van der Waals surface area contributed by atoms with Crippen molar-refractivity contribution in [3.63, 3.8) is 0 Å². The fraction of sp³-hybridized carbons (Fsp3) is 0.900. The van der Waals surface area contributed by atoms with Crippen LogP contribution in [-0.4, -0.2) is 71.8 Å². The lowest BCUT2D eigenvalue weighted by Gasteiger charge is -2.24. The van der Waals surface area contributed by atoms with Gasteiger partial charge in [0.2, 0.25) is 0 Å². The lowest BCUT2D eigenvalue weighted by Crippen LogP contribution is -2.41. The van der Waals surface area contributed by atoms with Gasteiger partial charge in [0.15, 0.2) is 0 Å². The van der Waals surface area contributed by atoms with Crippen molar-refractivity contribution in [1.82, 2.24) is 4.90 Å². The molecular weight excluding hydrogens is 212 g/mol. The summed E-state index contributed by atoms with van der Waals surface area (Å²) in [6.07, 6.45) is -2.01. The maximum Gasteiger partial charge on any atom is 0.287 e. The summed E-state index contributed by atoms with van der Waals surface area (Å²) in [5.41, 5.74) is 0. The first-order valence-corrected chi connectivity index (χ1v) is 5.32. The van der Waals surface area contributed by atoms with Crippen LogP contribution < -0.4 is 0 Å². The van der Waals surface area contributed by atoms with E-state index in [9.17, 15) is 10.2 Å². The zero-order valence-corrected chi connectivity index (χ0v) is 9.87. The first kappa shape index (κ1) is 13.2. The van der Waals surface area contributed by atoms with Gasteiger partial charge in [-0.25, -0.2) is 4.99 Å². The van der Waals surface area contributed by atoms with Crippen molar-refractivity contribution in [3.05, 3.63) is 0 Å². The van der Waals surface area contributed by atoms with Crippen molar-refractivity contribution in [2.24, 2.45) is 10.9 Å². The maximum absolute atomic E-state index is 9.85. The quantitative estimate of drug-likeness (QED) is 0.558. The zero-order chi connectivity index (χ0) is 12.3. The molecule has 0 aromatic rings. The number of ether oxygens (including phenoxy) is 1. The van der Waals surface area contributed by atoms with Crippen LogP contribution in [0.3, 0.4) is 0 Å². The molecule has 0 aromatic heterocycles. The van der Waals surface area contributed by atoms with Crippen LogP contribution in [0.1, 0.15) is 6.92 Å². The Hall–Kier alpha value is -0.850. The Morgan fingerprint density at radius 3 is 2.56 bits per heavy atom. The highest BCUT2D eigenvalue weighted by Crippen LogP contribution is 2.16. The molecule has 0 amide bonds. The number of aliphatic hydroxyl groups is 3. The highest BCUT2D eigenvalue weighted by Gasteiger charge is 2.34. The van der Waals surface area contributed by atoms with Gasteiger partial charge < -0.3 is 25.0 Å². The molecule has 1 heterocycles. The van der Waals surface area contributed by atoms with Crippen molar-refractivity contribution < 1.29 is 20.1 Å². The Bertz CT molecular complexity index is 257. The second-order valence-electron chi connectivity index (χ2n) is 4.33. The molecule has 4 atom stereocenters. The van der Waals surface area contributed by atoms with Crippen LogP contribution in [0.15, 0.2) is 4.99 Å². The third-order valence-corrected chi connectivity index (χ3v) is 2.66. The normalized spacial score (nSPS) is 25.6. The van der Waals surface area contributed by atoms with Gasteiger partial charge in [-0.15, -0.1) is 0 Å². The lowest BCUT2D eigenvalue weighted by molar-refractivity contribution is -0.0401. The molecule has 0 saturated carbocycles. The number of hydrogen-bond acceptors (Lipinski definition) is 6. The molecule has 0 aromatic carbocycles. The van der Waals surface area contributed by atoms with Crippen molar-refractivity contribution in [1.29, 1.82) is 0 Å².